The molecule has 1 heterocycles. The lowest BCUT2D eigenvalue weighted by molar-refractivity contribution is -0.137. The fraction of sp³-hybridized carbons (Fsp3) is 0.235. The van der Waals surface area contributed by atoms with Gasteiger partial charge in [-0.15, -0.1) is 0 Å². The lowest BCUT2D eigenvalue weighted by Crippen LogP contribution is -2.29. The summed E-state index contributed by atoms with van der Waals surface area (Å²) in [4.78, 5) is 11.9. The van der Waals surface area contributed by atoms with E-state index in [9.17, 15) is 17.6 Å². The molecule has 1 aliphatic heterocycles. The average Bonchev–Trinajstić information content (AvgIpc) is 2.90. The highest BCUT2D eigenvalue weighted by molar-refractivity contribution is 7.90. The number of esters is 1. The maximum absolute atomic E-state index is 14.3. The number of benzene rings is 2. The van der Waals surface area contributed by atoms with Crippen LogP contribution < -0.4 is 0 Å². The Labute approximate surface area is 133 Å². The van der Waals surface area contributed by atoms with Gasteiger partial charge in [-0.25, -0.2) is 12.8 Å². The Bertz CT molecular complexity index is 858. The van der Waals surface area contributed by atoms with E-state index in [1.54, 1.807) is 30.3 Å². The Morgan fingerprint density at radius 1 is 1.09 bits per heavy atom. The summed E-state index contributed by atoms with van der Waals surface area (Å²) in [5.74, 6) is -0.821. The zero-order valence-electron chi connectivity index (χ0n) is 12.5. The lowest BCUT2D eigenvalue weighted by Gasteiger charge is -2.27. The van der Waals surface area contributed by atoms with Crippen molar-refractivity contribution in [1.29, 1.82) is 0 Å². The van der Waals surface area contributed by atoms with Gasteiger partial charge in [-0.2, -0.15) is 0 Å². The van der Waals surface area contributed by atoms with E-state index in [1.807, 2.05) is 0 Å². The Kier molecular flexibility index (Phi) is 3.72. The lowest BCUT2D eigenvalue weighted by atomic mass is 9.73. The number of sulfone groups is 1. The molecular formula is C17H15FO4S. The number of hydrogen-bond acceptors (Lipinski definition) is 4. The fourth-order valence-electron chi connectivity index (χ4n) is 2.94. The van der Waals surface area contributed by atoms with Crippen LogP contribution in [0.1, 0.15) is 17.5 Å². The quantitative estimate of drug-likeness (QED) is 0.809. The molecule has 6 heteroatoms. The predicted molar refractivity (Wildman–Crippen MR) is 82.3 cm³/mol. The van der Waals surface area contributed by atoms with Gasteiger partial charge in [0.15, 0.2) is 9.84 Å². The van der Waals surface area contributed by atoms with Crippen LogP contribution in [0.15, 0.2) is 53.4 Å². The summed E-state index contributed by atoms with van der Waals surface area (Å²) in [7, 11) is -3.32. The van der Waals surface area contributed by atoms with Crippen LogP contribution in [0.5, 0.6) is 0 Å². The molecule has 0 amide bonds. The summed E-state index contributed by atoms with van der Waals surface area (Å²) in [6.45, 7) is 0.0327. The Morgan fingerprint density at radius 2 is 1.74 bits per heavy atom. The summed E-state index contributed by atoms with van der Waals surface area (Å²) in [5, 5.41) is 0. The average molecular weight is 334 g/mol. The topological polar surface area (TPSA) is 60.4 Å². The standard InChI is InChI=1S/C17H15FO4S/c1-23(20,21)13-8-6-12(7-9-13)17(10-16(19)22-11-17)14-4-2-3-5-15(14)18/h2-9H,10-11H2,1H3. The SMILES string of the molecule is CS(=O)(=O)c1ccc(C2(c3ccccc3F)COC(=O)C2)cc1. The van der Waals surface area contributed by atoms with Gasteiger partial charge in [0.05, 0.1) is 16.7 Å². The van der Waals surface area contributed by atoms with Crippen molar-refractivity contribution in [3.63, 3.8) is 0 Å². The molecule has 2 aromatic carbocycles. The number of halogens is 1. The van der Waals surface area contributed by atoms with Crippen LogP contribution in [0.4, 0.5) is 4.39 Å². The highest BCUT2D eigenvalue weighted by Gasteiger charge is 2.45. The molecule has 1 fully saturated rings. The monoisotopic (exact) mass is 334 g/mol. The Morgan fingerprint density at radius 3 is 2.26 bits per heavy atom. The van der Waals surface area contributed by atoms with Crippen molar-refractivity contribution in [3.05, 3.63) is 65.5 Å². The van der Waals surface area contributed by atoms with Gasteiger partial charge in [-0.3, -0.25) is 4.79 Å². The van der Waals surface area contributed by atoms with Crippen molar-refractivity contribution in [1.82, 2.24) is 0 Å². The normalized spacial score (nSPS) is 21.2. The Balaban J connectivity index is 2.15. The molecule has 0 N–H and O–H groups in total. The van der Waals surface area contributed by atoms with Gasteiger partial charge < -0.3 is 4.74 Å². The first-order chi connectivity index (χ1) is 10.8. The van der Waals surface area contributed by atoms with E-state index in [0.717, 1.165) is 6.26 Å². The Hall–Kier alpha value is -2.21. The molecule has 120 valence electrons. The zero-order valence-corrected chi connectivity index (χ0v) is 13.3. The largest absolute Gasteiger partial charge is 0.464 e. The van der Waals surface area contributed by atoms with Gasteiger partial charge in [0, 0.05) is 11.8 Å². The minimum Gasteiger partial charge on any atom is -0.464 e. The summed E-state index contributed by atoms with van der Waals surface area (Å²) in [5.41, 5.74) is 0.0946. The first-order valence-electron chi connectivity index (χ1n) is 7.04. The number of hydrogen-bond donors (Lipinski definition) is 0. The van der Waals surface area contributed by atoms with Gasteiger partial charge in [-0.1, -0.05) is 30.3 Å². The van der Waals surface area contributed by atoms with Crippen LogP contribution in [0.3, 0.4) is 0 Å². The number of carbonyl (C=O) groups excluding carboxylic acids is 1. The van der Waals surface area contributed by atoms with Crippen LogP contribution in [-0.2, 0) is 24.8 Å². The van der Waals surface area contributed by atoms with E-state index in [2.05, 4.69) is 0 Å². The second-order valence-corrected chi connectivity index (χ2v) is 7.71. The van der Waals surface area contributed by atoms with E-state index in [1.165, 1.54) is 18.2 Å². The van der Waals surface area contributed by atoms with Crippen LogP contribution in [0.25, 0.3) is 0 Å². The van der Waals surface area contributed by atoms with Gasteiger partial charge >= 0.3 is 5.97 Å². The molecule has 0 radical (unpaired) electrons. The summed E-state index contributed by atoms with van der Waals surface area (Å²) in [6.07, 6.45) is 1.14. The molecule has 1 saturated heterocycles. The zero-order chi connectivity index (χ0) is 16.7. The van der Waals surface area contributed by atoms with E-state index < -0.39 is 27.0 Å². The molecule has 1 aliphatic rings. The van der Waals surface area contributed by atoms with Crippen LogP contribution in [-0.4, -0.2) is 27.2 Å². The number of carbonyl (C=O) groups is 1. The molecule has 0 aliphatic carbocycles. The third-order valence-corrected chi connectivity index (χ3v) is 5.28. The molecule has 1 unspecified atom stereocenters. The maximum atomic E-state index is 14.3. The first kappa shape index (κ1) is 15.7. The fourth-order valence-corrected chi connectivity index (χ4v) is 3.57. The molecular weight excluding hydrogens is 319 g/mol. The molecule has 2 aromatic rings. The molecule has 0 saturated carbocycles. The minimum atomic E-state index is -3.32. The third-order valence-electron chi connectivity index (χ3n) is 4.15. The van der Waals surface area contributed by atoms with E-state index >= 15 is 0 Å². The molecule has 0 spiro atoms. The second-order valence-electron chi connectivity index (χ2n) is 5.70. The molecule has 23 heavy (non-hydrogen) atoms. The van der Waals surface area contributed by atoms with Gasteiger partial charge in [0.2, 0.25) is 0 Å². The van der Waals surface area contributed by atoms with Gasteiger partial charge in [0.1, 0.15) is 12.4 Å². The number of cyclic esters (lactones) is 1. The molecule has 0 aromatic heterocycles. The van der Waals surface area contributed by atoms with Crippen LogP contribution in [0.2, 0.25) is 0 Å². The summed E-state index contributed by atoms with van der Waals surface area (Å²) < 4.78 is 42.6. The highest BCUT2D eigenvalue weighted by atomic mass is 32.2. The smallest absolute Gasteiger partial charge is 0.307 e. The van der Waals surface area contributed by atoms with E-state index in [0.29, 0.717) is 11.1 Å². The van der Waals surface area contributed by atoms with Crippen molar-refractivity contribution >= 4 is 15.8 Å². The van der Waals surface area contributed by atoms with Crippen molar-refractivity contribution < 1.29 is 22.3 Å². The summed E-state index contributed by atoms with van der Waals surface area (Å²) >= 11 is 0. The highest BCUT2D eigenvalue weighted by Crippen LogP contribution is 2.41. The number of ether oxygens (including phenoxy) is 1. The summed E-state index contributed by atoms with van der Waals surface area (Å²) in [6, 6.07) is 12.4. The second kappa shape index (κ2) is 5.45. The molecule has 0 bridgehead atoms. The molecule has 3 rings (SSSR count). The van der Waals surface area contributed by atoms with Crippen LogP contribution >= 0.6 is 0 Å². The minimum absolute atomic E-state index is 0.0200. The third kappa shape index (κ3) is 2.74. The van der Waals surface area contributed by atoms with Crippen LogP contribution in [0, 0.1) is 5.82 Å². The van der Waals surface area contributed by atoms with Crippen molar-refractivity contribution in [2.45, 2.75) is 16.7 Å². The maximum Gasteiger partial charge on any atom is 0.307 e. The first-order valence-corrected chi connectivity index (χ1v) is 8.93. The number of rotatable bonds is 3. The van der Waals surface area contributed by atoms with E-state index in [4.69, 9.17) is 4.74 Å². The van der Waals surface area contributed by atoms with Gasteiger partial charge in [-0.05, 0) is 23.8 Å². The molecule has 1 atom stereocenters. The van der Waals surface area contributed by atoms with Crippen molar-refractivity contribution in [2.75, 3.05) is 12.9 Å². The van der Waals surface area contributed by atoms with Crippen molar-refractivity contribution in [3.8, 4) is 0 Å². The molecule has 4 nitrogen and oxygen atoms in total. The van der Waals surface area contributed by atoms with Gasteiger partial charge in [0.25, 0.3) is 0 Å². The predicted octanol–water partition coefficient (Wildman–Crippen LogP) is 2.46. The van der Waals surface area contributed by atoms with E-state index in [-0.39, 0.29) is 17.9 Å². The van der Waals surface area contributed by atoms with Crippen molar-refractivity contribution in [2.24, 2.45) is 0 Å².